The van der Waals surface area contributed by atoms with Gasteiger partial charge in [0.2, 0.25) is 11.6 Å². The van der Waals surface area contributed by atoms with Crippen LogP contribution in [0.25, 0.3) is 11.3 Å². The lowest BCUT2D eigenvalue weighted by Gasteiger charge is -2.12. The van der Waals surface area contributed by atoms with E-state index in [1.165, 1.54) is 16.3 Å². The Morgan fingerprint density at radius 1 is 1.03 bits per heavy atom. The Morgan fingerprint density at radius 2 is 1.78 bits per heavy atom. The van der Waals surface area contributed by atoms with Crippen LogP contribution in [-0.2, 0) is 4.79 Å². The normalized spacial score (nSPS) is 11.8. The van der Waals surface area contributed by atoms with E-state index in [9.17, 15) is 9.59 Å². The van der Waals surface area contributed by atoms with Crippen molar-refractivity contribution in [2.45, 2.75) is 17.3 Å². The summed E-state index contributed by atoms with van der Waals surface area (Å²) >= 11 is 1.21. The number of hydrogen-bond acceptors (Lipinski definition) is 7. The second-order valence-corrected chi connectivity index (χ2v) is 8.11. The summed E-state index contributed by atoms with van der Waals surface area (Å²) < 4.78 is 13.5. The zero-order valence-corrected chi connectivity index (χ0v) is 18.5. The van der Waals surface area contributed by atoms with Crippen molar-refractivity contribution in [3.05, 3.63) is 71.3 Å². The highest BCUT2D eigenvalue weighted by atomic mass is 32.2. The van der Waals surface area contributed by atoms with E-state index in [2.05, 4.69) is 15.5 Å². The van der Waals surface area contributed by atoms with Crippen LogP contribution in [0.5, 0.6) is 11.5 Å². The zero-order valence-electron chi connectivity index (χ0n) is 17.7. The van der Waals surface area contributed by atoms with Crippen LogP contribution < -0.4 is 20.3 Å². The van der Waals surface area contributed by atoms with Gasteiger partial charge in [-0.05, 0) is 43.3 Å². The van der Waals surface area contributed by atoms with E-state index < -0.39 is 5.25 Å². The van der Waals surface area contributed by atoms with Gasteiger partial charge in [0.25, 0.3) is 0 Å². The molecule has 10 heteroatoms. The largest absolute Gasteiger partial charge is 0.497 e. The highest BCUT2D eigenvalue weighted by molar-refractivity contribution is 8.00. The van der Waals surface area contributed by atoms with Crippen molar-refractivity contribution in [3.63, 3.8) is 0 Å². The molecule has 4 rings (SSSR count). The van der Waals surface area contributed by atoms with Crippen LogP contribution in [0.15, 0.2) is 70.9 Å². The molecule has 0 fully saturated rings. The monoisotopic (exact) mass is 451 g/mol. The maximum absolute atomic E-state index is 13.0. The molecule has 2 aromatic carbocycles. The Morgan fingerprint density at radius 3 is 2.50 bits per heavy atom. The van der Waals surface area contributed by atoms with E-state index >= 15 is 0 Å². The van der Waals surface area contributed by atoms with Gasteiger partial charge in [-0.1, -0.05) is 23.9 Å². The Hall–Kier alpha value is -3.79. The van der Waals surface area contributed by atoms with Gasteiger partial charge < -0.3 is 14.8 Å². The predicted octanol–water partition coefficient (Wildman–Crippen LogP) is 3.02. The summed E-state index contributed by atoms with van der Waals surface area (Å²) in [6.07, 6.45) is 3.32. The molecular weight excluding hydrogens is 430 g/mol. The number of rotatable bonds is 7. The summed E-state index contributed by atoms with van der Waals surface area (Å²) in [5, 5.41) is 11.0. The van der Waals surface area contributed by atoms with Gasteiger partial charge in [0, 0.05) is 18.1 Å². The molecular formula is C22H21N5O4S. The van der Waals surface area contributed by atoms with E-state index in [4.69, 9.17) is 9.47 Å². The van der Waals surface area contributed by atoms with Crippen LogP contribution in [0.1, 0.15) is 6.92 Å². The molecule has 2 aromatic heterocycles. The van der Waals surface area contributed by atoms with Gasteiger partial charge in [0.1, 0.15) is 11.5 Å². The van der Waals surface area contributed by atoms with Gasteiger partial charge in [-0.2, -0.15) is 0 Å². The number of nitrogens with one attached hydrogen (secondary N) is 1. The van der Waals surface area contributed by atoms with Crippen LogP contribution >= 0.6 is 11.8 Å². The Labute approximate surface area is 188 Å². The molecule has 32 heavy (non-hydrogen) atoms. The van der Waals surface area contributed by atoms with Crippen LogP contribution in [0.4, 0.5) is 5.69 Å². The minimum Gasteiger partial charge on any atom is -0.497 e. The van der Waals surface area contributed by atoms with Gasteiger partial charge in [0.15, 0.2) is 5.16 Å². The summed E-state index contributed by atoms with van der Waals surface area (Å²) in [6.45, 7) is 1.76. The Balaban J connectivity index is 1.55. The van der Waals surface area contributed by atoms with E-state index in [1.807, 2.05) is 12.1 Å². The van der Waals surface area contributed by atoms with Crippen LogP contribution in [0.3, 0.4) is 0 Å². The summed E-state index contributed by atoms with van der Waals surface area (Å²) in [6, 6.07) is 14.3. The smallest absolute Gasteiger partial charge is 0.300 e. The number of carbonyl (C=O) groups excluding carboxylic acids is 1. The van der Waals surface area contributed by atoms with Crippen molar-refractivity contribution in [3.8, 4) is 17.2 Å². The summed E-state index contributed by atoms with van der Waals surface area (Å²) in [7, 11) is 3.13. The average Bonchev–Trinajstić information content (AvgIpc) is 3.23. The fraction of sp³-hybridized carbons (Fsp3) is 0.182. The highest BCUT2D eigenvalue weighted by Crippen LogP contribution is 2.24. The van der Waals surface area contributed by atoms with Gasteiger partial charge in [-0.15, -0.1) is 10.2 Å². The van der Waals surface area contributed by atoms with Crippen LogP contribution in [0.2, 0.25) is 0 Å². The van der Waals surface area contributed by atoms with E-state index in [1.54, 1.807) is 74.3 Å². The van der Waals surface area contributed by atoms with Gasteiger partial charge >= 0.3 is 5.56 Å². The molecule has 0 aliphatic heterocycles. The number of methoxy groups -OCH3 is 2. The predicted molar refractivity (Wildman–Crippen MR) is 122 cm³/mol. The van der Waals surface area contributed by atoms with Crippen molar-refractivity contribution >= 4 is 29.0 Å². The summed E-state index contributed by atoms with van der Waals surface area (Å²) in [5.74, 6) is 1.08. The fourth-order valence-electron chi connectivity index (χ4n) is 3.09. The first-order chi connectivity index (χ1) is 15.5. The molecule has 164 valence electrons. The van der Waals surface area contributed by atoms with Crippen molar-refractivity contribution in [1.82, 2.24) is 19.2 Å². The molecule has 0 unspecified atom stereocenters. The lowest BCUT2D eigenvalue weighted by Crippen LogP contribution is -2.23. The molecule has 0 spiro atoms. The van der Waals surface area contributed by atoms with E-state index in [0.717, 1.165) is 0 Å². The summed E-state index contributed by atoms with van der Waals surface area (Å²) in [5.41, 5.74) is 1.08. The number of anilines is 1. The van der Waals surface area contributed by atoms with Crippen LogP contribution in [-0.4, -0.2) is 44.5 Å². The molecule has 0 radical (unpaired) electrons. The summed E-state index contributed by atoms with van der Waals surface area (Å²) in [4.78, 5) is 25.6. The Bertz CT molecular complexity index is 1320. The lowest BCUT2D eigenvalue weighted by atomic mass is 10.3. The minimum atomic E-state index is -0.471. The number of hydrogen-bond donors (Lipinski definition) is 1. The first-order valence-corrected chi connectivity index (χ1v) is 10.6. The molecule has 1 N–H and O–H groups in total. The molecule has 0 saturated heterocycles. The third-order valence-corrected chi connectivity index (χ3v) is 5.85. The number of para-hydroxylation sites is 2. The minimum absolute atomic E-state index is 0.156. The maximum Gasteiger partial charge on any atom is 0.300 e. The number of aromatic nitrogens is 4. The number of ether oxygens (including phenoxy) is 2. The molecule has 1 atom stereocenters. The molecule has 1 amide bonds. The number of benzene rings is 2. The van der Waals surface area contributed by atoms with E-state index in [0.29, 0.717) is 28.0 Å². The standard InChI is InChI=1S/C22H21N5O4S/c1-14(20(28)23-15-8-10-16(30-2)11-9-15)32-22-25-24-19-21(29)26(12-13-27(19)22)17-6-4-5-7-18(17)31-3/h4-14H,1-3H3,(H,23,28)/t14-/m0/s1. The molecule has 2 heterocycles. The fourth-order valence-corrected chi connectivity index (χ4v) is 3.93. The quantitative estimate of drug-likeness (QED) is 0.431. The van der Waals surface area contributed by atoms with Gasteiger partial charge in [-0.25, -0.2) is 0 Å². The first kappa shape index (κ1) is 21.4. The zero-order chi connectivity index (χ0) is 22.7. The second kappa shape index (κ2) is 9.15. The van der Waals surface area contributed by atoms with Crippen molar-refractivity contribution < 1.29 is 14.3 Å². The molecule has 0 bridgehead atoms. The van der Waals surface area contributed by atoms with Gasteiger partial charge in [0.05, 0.1) is 25.2 Å². The number of thioether (sulfide) groups is 1. The number of carbonyl (C=O) groups is 1. The lowest BCUT2D eigenvalue weighted by molar-refractivity contribution is -0.115. The molecule has 0 saturated carbocycles. The third-order valence-electron chi connectivity index (χ3n) is 4.79. The number of amides is 1. The van der Waals surface area contributed by atoms with Crippen molar-refractivity contribution in [2.75, 3.05) is 19.5 Å². The molecule has 4 aromatic rings. The highest BCUT2D eigenvalue weighted by Gasteiger charge is 2.20. The molecule has 9 nitrogen and oxygen atoms in total. The first-order valence-electron chi connectivity index (χ1n) is 9.73. The number of fused-ring (bicyclic) bond motifs is 1. The average molecular weight is 452 g/mol. The Kier molecular flexibility index (Phi) is 6.13. The van der Waals surface area contributed by atoms with Crippen molar-refractivity contribution in [2.24, 2.45) is 0 Å². The van der Waals surface area contributed by atoms with Gasteiger partial charge in [-0.3, -0.25) is 18.6 Å². The second-order valence-electron chi connectivity index (χ2n) is 6.80. The van der Waals surface area contributed by atoms with Crippen molar-refractivity contribution in [1.29, 1.82) is 0 Å². The SMILES string of the molecule is COc1ccc(NC(=O)[C@H](C)Sc2nnc3c(=O)n(-c4ccccc4OC)ccn23)cc1. The topological polar surface area (TPSA) is 99.8 Å². The molecule has 0 aliphatic rings. The van der Waals surface area contributed by atoms with E-state index in [-0.39, 0.29) is 17.1 Å². The third kappa shape index (κ3) is 4.17. The number of nitrogens with zero attached hydrogens (tertiary/aromatic N) is 4. The maximum atomic E-state index is 13.0. The van der Waals surface area contributed by atoms with Crippen LogP contribution in [0, 0.1) is 0 Å². The molecule has 0 aliphatic carbocycles.